The van der Waals surface area contributed by atoms with Crippen molar-refractivity contribution >= 4 is 35.1 Å². The minimum atomic E-state index is -1.38. The summed E-state index contributed by atoms with van der Waals surface area (Å²) < 4.78 is 18.2. The van der Waals surface area contributed by atoms with Crippen LogP contribution in [0.3, 0.4) is 0 Å². The van der Waals surface area contributed by atoms with Gasteiger partial charge in [-0.2, -0.15) is 0 Å². The summed E-state index contributed by atoms with van der Waals surface area (Å²) in [5, 5.41) is 13.4. The van der Waals surface area contributed by atoms with Gasteiger partial charge in [-0.3, -0.25) is 9.69 Å². The molecular weight excluding hydrogens is 410 g/mol. The van der Waals surface area contributed by atoms with Gasteiger partial charge in [0.25, 0.3) is 5.91 Å². The monoisotopic (exact) mass is 426 g/mol. The molecule has 0 bridgehead atoms. The number of β-amino-alcohol motifs (C(OH)–C–C–N with tert-alkyl or cyclic N) is 1. The molecule has 0 saturated carbocycles. The summed E-state index contributed by atoms with van der Waals surface area (Å²) in [7, 11) is 0. The fourth-order valence-electron chi connectivity index (χ4n) is 2.93. The van der Waals surface area contributed by atoms with Gasteiger partial charge in [-0.15, -0.1) is 0 Å². The first kappa shape index (κ1) is 20.4. The number of hydrogen-bond donors (Lipinski definition) is 2. The molecule has 2 atom stereocenters. The van der Waals surface area contributed by atoms with Crippen LogP contribution in [-0.4, -0.2) is 41.2 Å². The van der Waals surface area contributed by atoms with Gasteiger partial charge in [0.2, 0.25) is 0 Å². The molecule has 6 nitrogen and oxygen atoms in total. The van der Waals surface area contributed by atoms with Crippen molar-refractivity contribution in [2.45, 2.75) is 18.6 Å². The Hall–Kier alpha value is -2.35. The van der Waals surface area contributed by atoms with Gasteiger partial charge in [0.05, 0.1) is 6.54 Å². The maximum absolute atomic E-state index is 12.9. The van der Waals surface area contributed by atoms with E-state index in [0.29, 0.717) is 16.3 Å². The standard InChI is InChI=1S/C19H17Cl2FN2O4/c1-19(15-7-2-11(20)8-16(15)21)17(26)24(18(27)23-19)9-13(25)10-28-14-5-3-12(22)4-6-14/h2-8,13,25H,9-10H2,1H3,(H,23,27). The van der Waals surface area contributed by atoms with Crippen molar-refractivity contribution in [1.29, 1.82) is 0 Å². The predicted octanol–water partition coefficient (Wildman–Crippen LogP) is 3.34. The molecule has 0 aliphatic carbocycles. The predicted molar refractivity (Wildman–Crippen MR) is 102 cm³/mol. The molecule has 1 saturated heterocycles. The average Bonchev–Trinajstić information content (AvgIpc) is 2.85. The van der Waals surface area contributed by atoms with Crippen molar-refractivity contribution in [3.05, 3.63) is 63.9 Å². The number of carbonyl (C=O) groups is 2. The molecule has 3 rings (SSSR count). The molecule has 1 fully saturated rings. The molecule has 2 unspecified atom stereocenters. The van der Waals surface area contributed by atoms with Gasteiger partial charge in [0.15, 0.2) is 0 Å². The molecule has 9 heteroatoms. The highest BCUT2D eigenvalue weighted by atomic mass is 35.5. The molecule has 0 aromatic heterocycles. The molecule has 3 amide bonds. The smallest absolute Gasteiger partial charge is 0.325 e. The lowest BCUT2D eigenvalue weighted by molar-refractivity contribution is -0.132. The van der Waals surface area contributed by atoms with Crippen molar-refractivity contribution < 1.29 is 23.8 Å². The Kier molecular flexibility index (Phi) is 5.79. The van der Waals surface area contributed by atoms with E-state index in [-0.39, 0.29) is 18.2 Å². The summed E-state index contributed by atoms with van der Waals surface area (Å²) in [6.07, 6.45) is -1.14. The Bertz CT molecular complexity index is 909. The van der Waals surface area contributed by atoms with Crippen molar-refractivity contribution in [1.82, 2.24) is 10.2 Å². The third-order valence-electron chi connectivity index (χ3n) is 4.39. The molecule has 28 heavy (non-hydrogen) atoms. The number of halogens is 3. The largest absolute Gasteiger partial charge is 0.491 e. The first-order valence-corrected chi connectivity index (χ1v) is 9.12. The second kappa shape index (κ2) is 7.95. The van der Waals surface area contributed by atoms with Crippen LogP contribution in [0.5, 0.6) is 5.75 Å². The summed E-state index contributed by atoms with van der Waals surface area (Å²) in [6, 6.07) is 9.24. The molecule has 2 aromatic rings. The van der Waals surface area contributed by atoms with Crippen molar-refractivity contribution in [2.24, 2.45) is 0 Å². The van der Waals surface area contributed by atoms with E-state index in [4.69, 9.17) is 27.9 Å². The zero-order valence-electron chi connectivity index (χ0n) is 14.8. The molecule has 1 heterocycles. The Morgan fingerprint density at radius 3 is 2.54 bits per heavy atom. The quantitative estimate of drug-likeness (QED) is 0.694. The number of benzene rings is 2. The first-order valence-electron chi connectivity index (χ1n) is 8.37. The Morgan fingerprint density at radius 1 is 1.21 bits per heavy atom. The van der Waals surface area contributed by atoms with Gasteiger partial charge in [0, 0.05) is 15.6 Å². The second-order valence-corrected chi connectivity index (χ2v) is 7.36. The Labute approximate surface area is 170 Å². The molecule has 2 N–H and O–H groups in total. The number of nitrogens with zero attached hydrogens (tertiary/aromatic N) is 1. The van der Waals surface area contributed by atoms with Gasteiger partial charge < -0.3 is 15.2 Å². The van der Waals surface area contributed by atoms with Crippen molar-refractivity contribution in [3.8, 4) is 5.75 Å². The number of carbonyl (C=O) groups excluding carboxylic acids is 2. The van der Waals surface area contributed by atoms with Crippen molar-refractivity contribution in [2.75, 3.05) is 13.2 Å². The lowest BCUT2D eigenvalue weighted by atomic mass is 9.92. The molecule has 148 valence electrons. The van der Waals surface area contributed by atoms with Gasteiger partial charge in [0.1, 0.15) is 29.8 Å². The molecule has 0 radical (unpaired) electrons. The maximum atomic E-state index is 12.9. The molecule has 1 aliphatic rings. The number of aliphatic hydroxyl groups is 1. The van der Waals surface area contributed by atoms with Gasteiger partial charge >= 0.3 is 6.03 Å². The minimum absolute atomic E-state index is 0.179. The number of amides is 3. The van der Waals surface area contributed by atoms with Crippen LogP contribution < -0.4 is 10.1 Å². The number of rotatable bonds is 6. The summed E-state index contributed by atoms with van der Waals surface area (Å²) >= 11 is 12.1. The lowest BCUT2D eigenvalue weighted by Crippen LogP contribution is -2.43. The van der Waals surface area contributed by atoms with Crippen LogP contribution in [0, 0.1) is 5.82 Å². The molecule has 2 aromatic carbocycles. The van der Waals surface area contributed by atoms with Crippen LogP contribution in [0.1, 0.15) is 12.5 Å². The van der Waals surface area contributed by atoms with Gasteiger partial charge in [-0.05, 0) is 43.3 Å². The van der Waals surface area contributed by atoms with Crippen LogP contribution in [-0.2, 0) is 10.3 Å². The van der Waals surface area contributed by atoms with Crippen LogP contribution in [0.4, 0.5) is 9.18 Å². The van der Waals surface area contributed by atoms with E-state index >= 15 is 0 Å². The molecule has 1 aliphatic heterocycles. The topological polar surface area (TPSA) is 78.9 Å². The SMILES string of the molecule is CC1(c2ccc(Cl)cc2Cl)NC(=O)N(CC(O)COc2ccc(F)cc2)C1=O. The van der Waals surface area contributed by atoms with E-state index in [1.54, 1.807) is 12.1 Å². The number of urea groups is 1. The minimum Gasteiger partial charge on any atom is -0.491 e. The zero-order valence-corrected chi connectivity index (χ0v) is 16.3. The number of imide groups is 1. The highest BCUT2D eigenvalue weighted by Crippen LogP contribution is 2.35. The van der Waals surface area contributed by atoms with Crippen LogP contribution >= 0.6 is 23.2 Å². The average molecular weight is 427 g/mol. The third-order valence-corrected chi connectivity index (χ3v) is 4.94. The van der Waals surface area contributed by atoms with E-state index in [1.807, 2.05) is 0 Å². The van der Waals surface area contributed by atoms with E-state index in [0.717, 1.165) is 4.90 Å². The van der Waals surface area contributed by atoms with E-state index < -0.39 is 29.4 Å². The fraction of sp³-hybridized carbons (Fsp3) is 0.263. The maximum Gasteiger partial charge on any atom is 0.325 e. The number of ether oxygens (including phenoxy) is 1. The Morgan fingerprint density at radius 2 is 1.89 bits per heavy atom. The van der Waals surface area contributed by atoms with Crippen molar-refractivity contribution in [3.63, 3.8) is 0 Å². The Balaban J connectivity index is 1.68. The van der Waals surface area contributed by atoms with Crippen LogP contribution in [0.2, 0.25) is 10.0 Å². The van der Waals surface area contributed by atoms with E-state index in [9.17, 15) is 19.1 Å². The summed E-state index contributed by atoms with van der Waals surface area (Å²) in [5.41, 5.74) is -0.979. The molecule has 0 spiro atoms. The highest BCUT2D eigenvalue weighted by Gasteiger charge is 2.50. The summed E-state index contributed by atoms with van der Waals surface area (Å²) in [4.78, 5) is 26.1. The first-order chi connectivity index (χ1) is 13.2. The summed E-state index contributed by atoms with van der Waals surface area (Å²) in [6.45, 7) is 1.08. The third kappa shape index (κ3) is 4.06. The molecular formula is C19H17Cl2FN2O4. The van der Waals surface area contributed by atoms with Crippen LogP contribution in [0.25, 0.3) is 0 Å². The summed E-state index contributed by atoms with van der Waals surface area (Å²) in [5.74, 6) is -0.606. The van der Waals surface area contributed by atoms with Crippen LogP contribution in [0.15, 0.2) is 42.5 Å². The number of nitrogens with one attached hydrogen (secondary N) is 1. The zero-order chi connectivity index (χ0) is 20.5. The van der Waals surface area contributed by atoms with E-state index in [1.165, 1.54) is 37.3 Å². The van der Waals surface area contributed by atoms with Gasteiger partial charge in [-0.1, -0.05) is 29.3 Å². The van der Waals surface area contributed by atoms with Gasteiger partial charge in [-0.25, -0.2) is 9.18 Å². The number of aliphatic hydroxyl groups excluding tert-OH is 1. The fourth-order valence-corrected chi connectivity index (χ4v) is 3.52. The van der Waals surface area contributed by atoms with E-state index in [2.05, 4.69) is 5.32 Å². The lowest BCUT2D eigenvalue weighted by Gasteiger charge is -2.24. The second-order valence-electron chi connectivity index (χ2n) is 6.51. The highest BCUT2D eigenvalue weighted by molar-refractivity contribution is 6.35. The normalized spacial score (nSPS) is 20.2. The number of hydrogen-bond acceptors (Lipinski definition) is 4.